The number of rotatable bonds is 5. The number of pyridine rings is 1. The fourth-order valence-corrected chi connectivity index (χ4v) is 7.75. The van der Waals surface area contributed by atoms with E-state index in [-0.39, 0.29) is 12.2 Å². The number of likely N-dealkylation sites (tertiary alicyclic amines) is 1. The highest BCUT2D eigenvalue weighted by atomic mass is 16.5. The number of morpholine rings is 1. The minimum absolute atomic E-state index is 0.200. The predicted octanol–water partition coefficient (Wildman–Crippen LogP) is 5.37. The molecule has 40 heavy (non-hydrogen) atoms. The lowest BCUT2D eigenvalue weighted by Gasteiger charge is -2.57. The molecule has 2 unspecified atom stereocenters. The third-order valence-electron chi connectivity index (χ3n) is 8.54. The SMILES string of the molecule is Cc1cc(Nc2nccc(-c3ccc(N4C[C@@H](C)O[C@@H](C)C4)nc3)n2)ccc1N1CC2(C)CN(C)CC(C)(C1)C2. The lowest BCUT2D eigenvalue weighted by molar-refractivity contribution is -0.00546. The minimum Gasteiger partial charge on any atom is -0.372 e. The number of ether oxygens (including phenoxy) is 1. The molecule has 1 N–H and O–H groups in total. The van der Waals surface area contributed by atoms with Crippen molar-refractivity contribution < 1.29 is 4.74 Å². The van der Waals surface area contributed by atoms with Gasteiger partial charge in [0.15, 0.2) is 0 Å². The molecule has 212 valence electrons. The van der Waals surface area contributed by atoms with Gasteiger partial charge in [-0.2, -0.15) is 0 Å². The third kappa shape index (κ3) is 5.65. The average molecular weight is 542 g/mol. The number of aryl methyl sites for hydroxylation is 1. The molecule has 0 radical (unpaired) electrons. The molecule has 0 amide bonds. The van der Waals surface area contributed by atoms with Gasteiger partial charge >= 0.3 is 0 Å². The van der Waals surface area contributed by atoms with Crippen molar-refractivity contribution in [2.75, 3.05) is 61.4 Å². The molecule has 0 spiro atoms. The van der Waals surface area contributed by atoms with Gasteiger partial charge in [0.2, 0.25) is 5.95 Å². The first-order chi connectivity index (χ1) is 19.1. The van der Waals surface area contributed by atoms with E-state index in [0.29, 0.717) is 16.8 Å². The van der Waals surface area contributed by atoms with Crippen LogP contribution in [0.25, 0.3) is 11.3 Å². The van der Waals surface area contributed by atoms with E-state index in [1.165, 1.54) is 17.7 Å². The van der Waals surface area contributed by atoms with E-state index < -0.39 is 0 Å². The van der Waals surface area contributed by atoms with Crippen molar-refractivity contribution >= 4 is 23.1 Å². The first-order valence-electron chi connectivity index (χ1n) is 14.6. The fourth-order valence-electron chi connectivity index (χ4n) is 7.75. The Kier molecular flexibility index (Phi) is 6.95. The molecule has 2 aromatic heterocycles. The minimum atomic E-state index is 0.200. The molecule has 8 heteroatoms. The van der Waals surface area contributed by atoms with Gasteiger partial charge in [0.05, 0.1) is 17.9 Å². The van der Waals surface area contributed by atoms with Gasteiger partial charge in [-0.25, -0.2) is 15.0 Å². The second kappa shape index (κ2) is 10.3. The molecule has 6 rings (SSSR count). The highest BCUT2D eigenvalue weighted by molar-refractivity contribution is 5.66. The maximum atomic E-state index is 5.87. The summed E-state index contributed by atoms with van der Waals surface area (Å²) >= 11 is 0. The highest BCUT2D eigenvalue weighted by Gasteiger charge is 2.47. The monoisotopic (exact) mass is 541 g/mol. The Morgan fingerprint density at radius 3 is 2.27 bits per heavy atom. The molecule has 0 aliphatic carbocycles. The van der Waals surface area contributed by atoms with E-state index in [2.05, 4.69) is 97.0 Å². The molecule has 3 aliphatic rings. The van der Waals surface area contributed by atoms with Gasteiger partial charge in [-0.05, 0) is 87.0 Å². The average Bonchev–Trinajstić information content (AvgIpc) is 2.86. The molecule has 2 bridgehead atoms. The highest BCUT2D eigenvalue weighted by Crippen LogP contribution is 2.46. The van der Waals surface area contributed by atoms with Crippen molar-refractivity contribution in [2.24, 2.45) is 10.8 Å². The van der Waals surface area contributed by atoms with Crippen LogP contribution in [0.2, 0.25) is 0 Å². The van der Waals surface area contributed by atoms with Crippen LogP contribution in [0.5, 0.6) is 0 Å². The normalized spacial score (nSPS) is 28.9. The molecule has 1 aromatic carbocycles. The van der Waals surface area contributed by atoms with Crippen LogP contribution in [0.3, 0.4) is 0 Å². The molecule has 3 fully saturated rings. The van der Waals surface area contributed by atoms with E-state index in [4.69, 9.17) is 14.7 Å². The zero-order valence-electron chi connectivity index (χ0n) is 24.8. The summed E-state index contributed by atoms with van der Waals surface area (Å²) in [5.41, 5.74) is 6.06. The lowest BCUT2D eigenvalue weighted by Crippen LogP contribution is -2.61. The Morgan fingerprint density at radius 2 is 1.62 bits per heavy atom. The van der Waals surface area contributed by atoms with Crippen LogP contribution in [0.15, 0.2) is 48.8 Å². The molecular formula is C32H43N7O. The Labute approximate surface area is 238 Å². The maximum absolute atomic E-state index is 5.87. The first kappa shape index (κ1) is 27.0. The van der Waals surface area contributed by atoms with Crippen LogP contribution in [0.1, 0.15) is 39.7 Å². The van der Waals surface area contributed by atoms with Gasteiger partial charge in [0, 0.05) is 68.6 Å². The third-order valence-corrected chi connectivity index (χ3v) is 8.54. The van der Waals surface area contributed by atoms with Crippen LogP contribution >= 0.6 is 0 Å². The Bertz CT molecular complexity index is 1330. The van der Waals surface area contributed by atoms with Crippen molar-refractivity contribution in [3.05, 3.63) is 54.4 Å². The van der Waals surface area contributed by atoms with Crippen molar-refractivity contribution in [3.63, 3.8) is 0 Å². The van der Waals surface area contributed by atoms with Crippen LogP contribution in [0.4, 0.5) is 23.1 Å². The number of hydrogen-bond donors (Lipinski definition) is 1. The number of hydrogen-bond acceptors (Lipinski definition) is 8. The van der Waals surface area contributed by atoms with Gasteiger partial charge in [-0.1, -0.05) is 13.8 Å². The zero-order valence-corrected chi connectivity index (χ0v) is 24.8. The van der Waals surface area contributed by atoms with Gasteiger partial charge in [0.1, 0.15) is 5.82 Å². The lowest BCUT2D eigenvalue weighted by atomic mass is 9.65. The number of anilines is 4. The summed E-state index contributed by atoms with van der Waals surface area (Å²) < 4.78 is 5.87. The summed E-state index contributed by atoms with van der Waals surface area (Å²) in [6.07, 6.45) is 5.41. The molecule has 3 aromatic rings. The van der Waals surface area contributed by atoms with Gasteiger partial charge in [-0.15, -0.1) is 0 Å². The number of piperidine rings is 2. The molecule has 4 atom stereocenters. The molecule has 0 saturated carbocycles. The number of aromatic nitrogens is 3. The molecule has 3 aliphatic heterocycles. The Balaban J connectivity index is 1.15. The molecule has 5 heterocycles. The summed E-state index contributed by atoms with van der Waals surface area (Å²) in [5, 5.41) is 3.43. The van der Waals surface area contributed by atoms with Gasteiger partial charge in [-0.3, -0.25) is 0 Å². The van der Waals surface area contributed by atoms with Crippen LogP contribution in [0, 0.1) is 17.8 Å². The first-order valence-corrected chi connectivity index (χ1v) is 14.6. The number of nitrogens with zero attached hydrogens (tertiary/aromatic N) is 6. The summed E-state index contributed by atoms with van der Waals surface area (Å²) in [6, 6.07) is 12.7. The predicted molar refractivity (Wildman–Crippen MR) is 162 cm³/mol. The Hall–Kier alpha value is -3.23. The van der Waals surface area contributed by atoms with E-state index in [1.54, 1.807) is 6.20 Å². The van der Waals surface area contributed by atoms with Crippen molar-refractivity contribution in [2.45, 2.75) is 53.2 Å². The fraction of sp³-hybridized carbons (Fsp3) is 0.531. The quantitative estimate of drug-likeness (QED) is 0.462. The summed E-state index contributed by atoms with van der Waals surface area (Å²) in [5.74, 6) is 1.56. The van der Waals surface area contributed by atoms with E-state index >= 15 is 0 Å². The Morgan fingerprint density at radius 1 is 0.900 bits per heavy atom. The second-order valence-electron chi connectivity index (χ2n) is 13.3. The van der Waals surface area contributed by atoms with Crippen molar-refractivity contribution in [3.8, 4) is 11.3 Å². The molecular weight excluding hydrogens is 498 g/mol. The second-order valence-corrected chi connectivity index (χ2v) is 13.3. The molecule has 8 nitrogen and oxygen atoms in total. The smallest absolute Gasteiger partial charge is 0.227 e. The van der Waals surface area contributed by atoms with Crippen LogP contribution < -0.4 is 15.1 Å². The standard InChI is InChI=1S/C32H43N7O/c1-22-13-26(8-9-28(22)39-20-31(4)17-32(5,21-39)19-37(6)18-31)35-30-33-12-11-27(36-30)25-7-10-29(34-14-25)38-15-23(2)40-24(3)16-38/h7-14,23-24H,15-21H2,1-6H3,(H,33,35,36)/t23-,24+,31?,32?. The summed E-state index contributed by atoms with van der Waals surface area (Å²) in [6.45, 7) is 17.6. The van der Waals surface area contributed by atoms with Crippen LogP contribution in [-0.4, -0.2) is 78.4 Å². The van der Waals surface area contributed by atoms with Crippen LogP contribution in [-0.2, 0) is 4.74 Å². The van der Waals surface area contributed by atoms with Crippen molar-refractivity contribution in [1.29, 1.82) is 0 Å². The number of nitrogens with one attached hydrogen (secondary N) is 1. The number of benzene rings is 1. The maximum Gasteiger partial charge on any atom is 0.227 e. The van der Waals surface area contributed by atoms with E-state index in [0.717, 1.165) is 62.0 Å². The van der Waals surface area contributed by atoms with Crippen molar-refractivity contribution in [1.82, 2.24) is 19.9 Å². The number of fused-ring (bicyclic) bond motifs is 2. The van der Waals surface area contributed by atoms with E-state index in [1.807, 2.05) is 12.3 Å². The molecule has 3 saturated heterocycles. The summed E-state index contributed by atoms with van der Waals surface area (Å²) in [7, 11) is 2.27. The van der Waals surface area contributed by atoms with Gasteiger partial charge < -0.3 is 24.8 Å². The van der Waals surface area contributed by atoms with E-state index in [9.17, 15) is 0 Å². The van der Waals surface area contributed by atoms with Gasteiger partial charge in [0.25, 0.3) is 0 Å². The summed E-state index contributed by atoms with van der Waals surface area (Å²) in [4.78, 5) is 21.5. The zero-order chi connectivity index (χ0) is 28.1. The topological polar surface area (TPSA) is 69.6 Å². The largest absolute Gasteiger partial charge is 0.372 e.